The summed E-state index contributed by atoms with van der Waals surface area (Å²) in [7, 11) is 0. The van der Waals surface area contributed by atoms with Gasteiger partial charge in [-0.3, -0.25) is 9.89 Å². The number of aliphatic carboxylic acids is 1. The van der Waals surface area contributed by atoms with Gasteiger partial charge in [0.2, 0.25) is 0 Å². The molecule has 0 aliphatic carbocycles. The second-order valence-corrected chi connectivity index (χ2v) is 5.64. The molecule has 6 nitrogen and oxygen atoms in total. The number of nitrogens with zero attached hydrogens (tertiary/aromatic N) is 1. The predicted molar refractivity (Wildman–Crippen MR) is 87.3 cm³/mol. The fourth-order valence-electron chi connectivity index (χ4n) is 2.46. The summed E-state index contributed by atoms with van der Waals surface area (Å²) >= 11 is 0. The van der Waals surface area contributed by atoms with E-state index in [-0.39, 0.29) is 5.69 Å². The number of amides is 1. The molecule has 0 radical (unpaired) electrons. The third kappa shape index (κ3) is 3.97. The number of hydrogen-bond acceptors (Lipinski definition) is 3. The lowest BCUT2D eigenvalue weighted by atomic mass is 10.0. The standard InChI is InChI=1S/C17H21N3O3/c1-4-5-13(17(22)23)18-16(21)15-9-14(19-20-15)12-7-6-10(2)8-11(12)3/h6-9,13H,4-5H2,1-3H3,(H,18,21)(H,19,20)(H,22,23). The number of aromatic amines is 1. The first-order valence-electron chi connectivity index (χ1n) is 7.59. The highest BCUT2D eigenvalue weighted by Gasteiger charge is 2.21. The van der Waals surface area contributed by atoms with Crippen molar-refractivity contribution in [1.82, 2.24) is 15.5 Å². The molecule has 0 bridgehead atoms. The lowest BCUT2D eigenvalue weighted by Gasteiger charge is -2.12. The highest BCUT2D eigenvalue weighted by Crippen LogP contribution is 2.22. The number of H-pyrrole nitrogens is 1. The van der Waals surface area contributed by atoms with Gasteiger partial charge in [0.05, 0.1) is 5.69 Å². The van der Waals surface area contributed by atoms with Crippen LogP contribution in [0.15, 0.2) is 24.3 Å². The first-order valence-corrected chi connectivity index (χ1v) is 7.59. The van der Waals surface area contributed by atoms with E-state index in [2.05, 4.69) is 15.5 Å². The van der Waals surface area contributed by atoms with Crippen LogP contribution >= 0.6 is 0 Å². The van der Waals surface area contributed by atoms with Crippen molar-refractivity contribution < 1.29 is 14.7 Å². The average molecular weight is 315 g/mol. The molecule has 23 heavy (non-hydrogen) atoms. The van der Waals surface area contributed by atoms with Gasteiger partial charge in [-0.15, -0.1) is 0 Å². The van der Waals surface area contributed by atoms with Crippen molar-refractivity contribution in [3.05, 3.63) is 41.1 Å². The minimum absolute atomic E-state index is 0.252. The largest absolute Gasteiger partial charge is 0.480 e. The number of carboxylic acids is 1. The fourth-order valence-corrected chi connectivity index (χ4v) is 2.46. The number of carbonyl (C=O) groups excluding carboxylic acids is 1. The number of benzene rings is 1. The summed E-state index contributed by atoms with van der Waals surface area (Å²) in [6.07, 6.45) is 1.06. The van der Waals surface area contributed by atoms with Crippen LogP contribution in [0.4, 0.5) is 0 Å². The molecule has 6 heteroatoms. The van der Waals surface area contributed by atoms with Crippen LogP contribution < -0.4 is 5.32 Å². The summed E-state index contributed by atoms with van der Waals surface area (Å²) in [6, 6.07) is 6.74. The van der Waals surface area contributed by atoms with Crippen molar-refractivity contribution in [1.29, 1.82) is 0 Å². The quantitative estimate of drug-likeness (QED) is 0.763. The molecule has 2 rings (SSSR count). The topological polar surface area (TPSA) is 95.1 Å². The zero-order valence-electron chi connectivity index (χ0n) is 13.5. The summed E-state index contributed by atoms with van der Waals surface area (Å²) in [4.78, 5) is 23.3. The van der Waals surface area contributed by atoms with Gasteiger partial charge in [-0.2, -0.15) is 5.10 Å². The van der Waals surface area contributed by atoms with Gasteiger partial charge in [-0.1, -0.05) is 37.1 Å². The van der Waals surface area contributed by atoms with Crippen LogP contribution in [0.2, 0.25) is 0 Å². The Labute approximate surface area is 134 Å². The monoisotopic (exact) mass is 315 g/mol. The molecule has 122 valence electrons. The maximum absolute atomic E-state index is 12.2. The Bertz CT molecular complexity index is 722. The van der Waals surface area contributed by atoms with E-state index in [0.717, 1.165) is 16.7 Å². The van der Waals surface area contributed by atoms with Crippen molar-refractivity contribution in [2.24, 2.45) is 0 Å². The number of nitrogens with one attached hydrogen (secondary N) is 2. The van der Waals surface area contributed by atoms with Crippen molar-refractivity contribution in [3.63, 3.8) is 0 Å². The molecule has 3 N–H and O–H groups in total. The molecule has 0 fully saturated rings. The Morgan fingerprint density at radius 1 is 1.30 bits per heavy atom. The lowest BCUT2D eigenvalue weighted by Crippen LogP contribution is -2.40. The number of carboxylic acid groups (broad SMARTS) is 1. The number of aryl methyl sites for hydroxylation is 2. The molecule has 1 heterocycles. The Hall–Kier alpha value is -2.63. The van der Waals surface area contributed by atoms with Gasteiger partial charge in [-0.05, 0) is 31.9 Å². The molecule has 0 spiro atoms. The fraction of sp³-hybridized carbons (Fsp3) is 0.353. The summed E-state index contributed by atoms with van der Waals surface area (Å²) in [5, 5.41) is 18.5. The molecule has 0 aliphatic rings. The number of carbonyl (C=O) groups is 2. The highest BCUT2D eigenvalue weighted by molar-refractivity contribution is 5.95. The van der Waals surface area contributed by atoms with Gasteiger partial charge in [0, 0.05) is 5.56 Å². The summed E-state index contributed by atoms with van der Waals surface area (Å²) < 4.78 is 0. The molecular formula is C17H21N3O3. The van der Waals surface area contributed by atoms with E-state index in [9.17, 15) is 9.59 Å². The van der Waals surface area contributed by atoms with Gasteiger partial charge in [0.25, 0.3) is 5.91 Å². The van der Waals surface area contributed by atoms with E-state index in [0.29, 0.717) is 18.5 Å². The lowest BCUT2D eigenvalue weighted by molar-refractivity contribution is -0.139. The first-order chi connectivity index (χ1) is 10.9. The van der Waals surface area contributed by atoms with Crippen LogP contribution in [0.1, 0.15) is 41.4 Å². The van der Waals surface area contributed by atoms with E-state index >= 15 is 0 Å². The van der Waals surface area contributed by atoms with Crippen molar-refractivity contribution in [3.8, 4) is 11.3 Å². The third-order valence-electron chi connectivity index (χ3n) is 3.66. The maximum Gasteiger partial charge on any atom is 0.326 e. The number of hydrogen-bond donors (Lipinski definition) is 3. The molecule has 1 amide bonds. The van der Waals surface area contributed by atoms with Crippen LogP contribution in [0.25, 0.3) is 11.3 Å². The van der Waals surface area contributed by atoms with Gasteiger partial charge in [-0.25, -0.2) is 4.79 Å². The summed E-state index contributed by atoms with van der Waals surface area (Å²) in [5.74, 6) is -1.50. The minimum atomic E-state index is -1.03. The first kappa shape index (κ1) is 16.7. The zero-order valence-corrected chi connectivity index (χ0v) is 13.5. The zero-order chi connectivity index (χ0) is 17.0. The van der Waals surface area contributed by atoms with Crippen LogP contribution in [0.3, 0.4) is 0 Å². The normalized spacial score (nSPS) is 12.0. The number of aromatic nitrogens is 2. The van der Waals surface area contributed by atoms with Crippen LogP contribution in [-0.2, 0) is 4.79 Å². The molecule has 0 aliphatic heterocycles. The van der Waals surface area contributed by atoms with Crippen molar-refractivity contribution in [2.75, 3.05) is 0 Å². The van der Waals surface area contributed by atoms with Crippen LogP contribution in [0, 0.1) is 13.8 Å². The van der Waals surface area contributed by atoms with E-state index in [1.807, 2.05) is 39.0 Å². The summed E-state index contributed by atoms with van der Waals surface area (Å²) in [5.41, 5.74) is 4.08. The molecule has 1 aromatic carbocycles. The van der Waals surface area contributed by atoms with E-state index < -0.39 is 17.9 Å². The van der Waals surface area contributed by atoms with E-state index in [1.165, 1.54) is 0 Å². The molecule has 1 aromatic heterocycles. The van der Waals surface area contributed by atoms with E-state index in [1.54, 1.807) is 6.07 Å². The van der Waals surface area contributed by atoms with Gasteiger partial charge >= 0.3 is 5.97 Å². The predicted octanol–water partition coefficient (Wildman–Crippen LogP) is 2.68. The Morgan fingerprint density at radius 3 is 2.65 bits per heavy atom. The van der Waals surface area contributed by atoms with Gasteiger partial charge < -0.3 is 10.4 Å². The molecule has 1 unspecified atom stereocenters. The maximum atomic E-state index is 12.2. The molecular weight excluding hydrogens is 294 g/mol. The second-order valence-electron chi connectivity index (χ2n) is 5.64. The van der Waals surface area contributed by atoms with Gasteiger partial charge in [0.15, 0.2) is 0 Å². The molecule has 0 saturated carbocycles. The number of rotatable bonds is 6. The highest BCUT2D eigenvalue weighted by atomic mass is 16.4. The Kier molecular flexibility index (Phi) is 5.16. The molecule has 0 saturated heterocycles. The van der Waals surface area contributed by atoms with Crippen molar-refractivity contribution >= 4 is 11.9 Å². The molecule has 1 atom stereocenters. The van der Waals surface area contributed by atoms with Crippen molar-refractivity contribution in [2.45, 2.75) is 39.7 Å². The molecule has 2 aromatic rings. The van der Waals surface area contributed by atoms with E-state index in [4.69, 9.17) is 5.11 Å². The third-order valence-corrected chi connectivity index (χ3v) is 3.66. The second kappa shape index (κ2) is 7.09. The Balaban J connectivity index is 2.18. The minimum Gasteiger partial charge on any atom is -0.480 e. The Morgan fingerprint density at radius 2 is 2.04 bits per heavy atom. The van der Waals surface area contributed by atoms with Crippen LogP contribution in [0.5, 0.6) is 0 Å². The smallest absolute Gasteiger partial charge is 0.326 e. The summed E-state index contributed by atoms with van der Waals surface area (Å²) in [6.45, 7) is 5.87. The SMILES string of the molecule is CCCC(NC(=O)c1cc(-c2ccc(C)cc2C)n[nH]1)C(=O)O. The van der Waals surface area contributed by atoms with Gasteiger partial charge in [0.1, 0.15) is 11.7 Å². The average Bonchev–Trinajstić information content (AvgIpc) is 2.96. The van der Waals surface area contributed by atoms with Crippen LogP contribution in [-0.4, -0.2) is 33.2 Å².